The molecule has 4 aromatic carbocycles. The van der Waals surface area contributed by atoms with Crippen LogP contribution in [0.5, 0.6) is 23.0 Å². The number of likely N-dealkylation sites (tertiary alicyclic amines) is 2. The molecule has 2 aliphatic heterocycles. The minimum atomic E-state index is -0.599. The van der Waals surface area contributed by atoms with Crippen LogP contribution in [0.2, 0.25) is 0 Å². The third-order valence-electron chi connectivity index (χ3n) is 10.8. The number of amidine groups is 1. The molecule has 1 aromatic heterocycles. The molecule has 0 bridgehead atoms. The minimum Gasteiger partial charge on any atom is -0.492 e. The Bertz CT molecular complexity index is 2660. The molecule has 0 amide bonds. The number of nitro groups is 2. The number of nitrogen functional groups attached to an aromatic ring is 1. The van der Waals surface area contributed by atoms with E-state index in [1.807, 2.05) is 55.5 Å². The van der Waals surface area contributed by atoms with E-state index < -0.39 is 15.6 Å². The Labute approximate surface area is 456 Å². The molecule has 1 unspecified atom stereocenters. The van der Waals surface area contributed by atoms with Crippen LogP contribution in [-0.2, 0) is 0 Å². The number of hydrogen-bond acceptors (Lipinski definition) is 18. The Morgan fingerprint density at radius 2 is 1.28 bits per heavy atom. The highest BCUT2D eigenvalue weighted by Crippen LogP contribution is 2.34. The number of carbonyl (C=O) groups is 2. The maximum Gasteiger partial charge on any atom is 0.311 e. The number of halogens is 1. The second kappa shape index (κ2) is 32.3. The molecule has 20 nitrogen and oxygen atoms in total. The van der Waals surface area contributed by atoms with Gasteiger partial charge < -0.3 is 41.0 Å². The monoisotopic (exact) mass is 1160 g/mol. The molecule has 2 fully saturated rings. The van der Waals surface area contributed by atoms with Crippen molar-refractivity contribution < 1.29 is 38.4 Å². The Balaban J connectivity index is 0.000000313. The SMILES string of the molecule is C.CCSC(N)=NC(=S)Nc1ccc(OCCN2CCCC2)cc1.COc1ccc(C(=O)CBr)cc1[N+](=O)[O-].COc1ccc(C(=O)c2sc(Nc3ccc(OCCN4CCCC4)cc3)nc2N)cc1[N+](=O)[O-].P. The van der Waals surface area contributed by atoms with E-state index in [-0.39, 0.29) is 67.6 Å². The van der Waals surface area contributed by atoms with Crippen LogP contribution in [0.25, 0.3) is 0 Å². The summed E-state index contributed by atoms with van der Waals surface area (Å²) in [6.07, 6.45) is 5.14. The van der Waals surface area contributed by atoms with Crippen LogP contribution >= 0.6 is 61.1 Å². The number of thiocarbonyl (C=S) groups is 1. The van der Waals surface area contributed by atoms with Crippen molar-refractivity contribution >= 4 is 117 Å². The Hall–Kier alpha value is -6.01. The Morgan fingerprint density at radius 3 is 1.74 bits per heavy atom. The van der Waals surface area contributed by atoms with E-state index >= 15 is 0 Å². The number of nitro benzene ring substituents is 2. The van der Waals surface area contributed by atoms with Crippen molar-refractivity contribution in [1.82, 2.24) is 14.8 Å². The van der Waals surface area contributed by atoms with Crippen LogP contribution in [0, 0.1) is 20.2 Å². The Morgan fingerprint density at radius 1 is 0.811 bits per heavy atom. The first-order valence-corrected chi connectivity index (χ1v) is 26.0. The number of methoxy groups -OCH3 is 2. The number of thioether (sulfide) groups is 1. The highest BCUT2D eigenvalue weighted by Gasteiger charge is 2.23. The zero-order chi connectivity index (χ0) is 52.0. The average Bonchev–Trinajstić information content (AvgIpc) is 4.18. The lowest BCUT2D eigenvalue weighted by Crippen LogP contribution is -2.25. The van der Waals surface area contributed by atoms with E-state index in [2.05, 4.69) is 46.3 Å². The molecule has 6 N–H and O–H groups in total. The number of anilines is 4. The van der Waals surface area contributed by atoms with Gasteiger partial charge in [-0.05, 0) is 143 Å². The summed E-state index contributed by atoms with van der Waals surface area (Å²) in [7, 11) is 2.67. The number of carbonyl (C=O) groups excluding carboxylic acids is 2. The molecule has 2 saturated heterocycles. The first kappa shape index (κ1) is 62.3. The van der Waals surface area contributed by atoms with Gasteiger partial charge in [0.15, 0.2) is 32.7 Å². The van der Waals surface area contributed by atoms with Crippen molar-refractivity contribution in [3.63, 3.8) is 0 Å². The van der Waals surface area contributed by atoms with Crippen LogP contribution < -0.4 is 41.0 Å². The number of rotatable bonds is 20. The van der Waals surface area contributed by atoms with Gasteiger partial charge in [-0.1, -0.05) is 53.4 Å². The predicted molar refractivity (Wildman–Crippen MR) is 310 cm³/mol. The molecule has 0 spiro atoms. The van der Waals surface area contributed by atoms with Gasteiger partial charge in [0.1, 0.15) is 35.4 Å². The molecule has 0 saturated carbocycles. The van der Waals surface area contributed by atoms with Gasteiger partial charge in [-0.3, -0.25) is 39.6 Å². The fraction of sp³-hybridized carbons (Fsp3) is 0.367. The van der Waals surface area contributed by atoms with Gasteiger partial charge in [-0.15, -0.1) is 0 Å². The minimum absolute atomic E-state index is 0. The van der Waals surface area contributed by atoms with Gasteiger partial charge in [-0.2, -0.15) is 14.9 Å². The number of thiazole rings is 1. The topological polar surface area (TPSA) is 265 Å². The van der Waals surface area contributed by atoms with Crippen LogP contribution in [0.4, 0.5) is 33.7 Å². The zero-order valence-electron chi connectivity index (χ0n) is 40.7. The number of aliphatic imine (C=N–C) groups is 1. The van der Waals surface area contributed by atoms with E-state index in [0.29, 0.717) is 27.6 Å². The van der Waals surface area contributed by atoms with Crippen LogP contribution in [-0.4, -0.2) is 124 Å². The quantitative estimate of drug-likeness (QED) is 0.00825. The molecule has 400 valence electrons. The van der Waals surface area contributed by atoms with Gasteiger partial charge >= 0.3 is 11.4 Å². The highest BCUT2D eigenvalue weighted by atomic mass is 79.9. The summed E-state index contributed by atoms with van der Waals surface area (Å²) < 4.78 is 21.4. The van der Waals surface area contributed by atoms with E-state index in [4.69, 9.17) is 42.6 Å². The maximum atomic E-state index is 12.9. The Kier molecular flexibility index (Phi) is 27.2. The van der Waals surface area contributed by atoms with Gasteiger partial charge in [0.2, 0.25) is 5.78 Å². The third-order valence-corrected chi connectivity index (χ3v) is 13.1. The smallest absolute Gasteiger partial charge is 0.311 e. The fourth-order valence-corrected chi connectivity index (χ4v) is 9.07. The molecule has 3 heterocycles. The van der Waals surface area contributed by atoms with E-state index in [0.717, 1.165) is 72.7 Å². The summed E-state index contributed by atoms with van der Waals surface area (Å²) in [5.74, 6) is 2.14. The predicted octanol–water partition coefficient (Wildman–Crippen LogP) is 9.89. The number of nitrogens with one attached hydrogen (secondary N) is 2. The molecule has 25 heteroatoms. The van der Waals surface area contributed by atoms with Crippen molar-refractivity contribution in [3.05, 3.63) is 121 Å². The van der Waals surface area contributed by atoms with Crippen LogP contribution in [0.15, 0.2) is 89.9 Å². The fourth-order valence-electron chi connectivity index (χ4n) is 7.16. The molecular weight excluding hydrogens is 1100 g/mol. The second-order valence-electron chi connectivity index (χ2n) is 15.7. The summed E-state index contributed by atoms with van der Waals surface area (Å²) in [5.41, 5.74) is 13.3. The van der Waals surface area contributed by atoms with E-state index in [1.165, 1.54) is 101 Å². The number of aromatic nitrogens is 1. The normalized spacial score (nSPS) is 13.1. The lowest BCUT2D eigenvalue weighted by Gasteiger charge is -2.15. The number of nitrogens with zero attached hydrogens (tertiary/aromatic N) is 6. The largest absolute Gasteiger partial charge is 0.492 e. The van der Waals surface area contributed by atoms with Crippen molar-refractivity contribution in [2.75, 3.05) is 94.2 Å². The average molecular weight is 1160 g/mol. The number of ether oxygens (including phenoxy) is 4. The molecule has 74 heavy (non-hydrogen) atoms. The van der Waals surface area contributed by atoms with Gasteiger partial charge in [0, 0.05) is 47.7 Å². The lowest BCUT2D eigenvalue weighted by molar-refractivity contribution is -0.385. The zero-order valence-corrected chi connectivity index (χ0v) is 46.2. The molecule has 0 radical (unpaired) electrons. The summed E-state index contributed by atoms with van der Waals surface area (Å²) >= 11 is 10.7. The first-order valence-electron chi connectivity index (χ1n) is 22.7. The van der Waals surface area contributed by atoms with E-state index in [9.17, 15) is 29.8 Å². The molecule has 2 aliphatic rings. The van der Waals surface area contributed by atoms with E-state index in [1.54, 1.807) is 0 Å². The van der Waals surface area contributed by atoms with Gasteiger partial charge in [0.25, 0.3) is 0 Å². The number of ketones is 2. The summed E-state index contributed by atoms with van der Waals surface area (Å²) in [6, 6.07) is 23.3. The molecule has 0 aliphatic carbocycles. The molecular formula is C49H64BrN10O10PS3. The summed E-state index contributed by atoms with van der Waals surface area (Å²) in [6.45, 7) is 9.98. The van der Waals surface area contributed by atoms with Crippen LogP contribution in [0.3, 0.4) is 0 Å². The molecule has 5 aromatic rings. The lowest BCUT2D eigenvalue weighted by atomic mass is 10.1. The molecule has 1 atom stereocenters. The summed E-state index contributed by atoms with van der Waals surface area (Å²) in [5, 5.41) is 29.5. The number of Topliss-reactive ketones (excluding diaryl/α,β-unsaturated/α-hetero) is 1. The third kappa shape index (κ3) is 19.7. The number of hydrogen-bond donors (Lipinski definition) is 4. The van der Waals surface area contributed by atoms with Crippen molar-refractivity contribution in [3.8, 4) is 23.0 Å². The van der Waals surface area contributed by atoms with Gasteiger partial charge in [0.05, 0.1) is 29.4 Å². The highest BCUT2D eigenvalue weighted by molar-refractivity contribution is 9.09. The maximum absolute atomic E-state index is 12.9. The standard InChI is InChI=1S/C23H25N5O5S.C16H24N4OS2.C9H8BrNO4.CH4.H3P/c1-32-19-9-4-15(14-18(19)28(30)31)20(29)21-22(24)26-23(34-21)25-16-5-7-17(8-6-16)33-13-12-27-10-2-3-11-27;1-2-23-15(17)19-16(22)18-13-5-7-14(8-6-13)21-12-11-20-9-3-4-10-20;1-15-9-3-2-6(8(12)5-10)4-7(9)11(13)14;;/h4-9,14H,2-3,10-13,24H2,1H3,(H,25,26);5-8H,2-4,9-12H2,1H3,(H3,17,18,19,22);2-4H,5H2,1H3;1H4;1H3. The van der Waals surface area contributed by atoms with Crippen molar-refractivity contribution in [2.24, 2.45) is 10.7 Å². The van der Waals surface area contributed by atoms with Gasteiger partial charge in [-0.25, -0.2) is 4.98 Å². The first-order chi connectivity index (χ1) is 34.7. The second-order valence-corrected chi connectivity index (χ2v) is 18.9. The van der Waals surface area contributed by atoms with Crippen molar-refractivity contribution in [2.45, 2.75) is 40.0 Å². The summed E-state index contributed by atoms with van der Waals surface area (Å²) in [4.78, 5) is 58.3. The van der Waals surface area contributed by atoms with Crippen molar-refractivity contribution in [1.29, 1.82) is 0 Å². The van der Waals surface area contributed by atoms with Crippen LogP contribution in [0.1, 0.15) is 65.6 Å². The number of nitrogens with two attached hydrogens (primary N) is 2. The molecule has 7 rings (SSSR count). The number of benzene rings is 4. The number of alkyl halides is 1.